The van der Waals surface area contributed by atoms with Crippen LogP contribution in [0.2, 0.25) is 0 Å². The Labute approximate surface area is 99.8 Å². The molecule has 1 rings (SSSR count). The summed E-state index contributed by atoms with van der Waals surface area (Å²) in [4.78, 5) is 11.1. The third-order valence-electron chi connectivity index (χ3n) is 2.21. The van der Waals surface area contributed by atoms with Crippen LogP contribution in [0.15, 0.2) is 18.2 Å². The number of rotatable bonds is 6. The molecule has 5 N–H and O–H groups in total. The highest BCUT2D eigenvalue weighted by molar-refractivity contribution is 7.98. The molecule has 0 heterocycles. The Morgan fingerprint density at radius 2 is 2.25 bits per heavy atom. The van der Waals surface area contributed by atoms with Gasteiger partial charge in [-0.05, 0) is 30.6 Å². The number of carbonyl (C=O) groups is 1. The maximum atomic E-state index is 11.1. The molecule has 5 heteroatoms. The summed E-state index contributed by atoms with van der Waals surface area (Å²) in [6.45, 7) is 0.841. The lowest BCUT2D eigenvalue weighted by Crippen LogP contribution is -2.15. The molecule has 0 spiro atoms. The van der Waals surface area contributed by atoms with E-state index in [0.29, 0.717) is 11.3 Å². The number of amides is 1. The van der Waals surface area contributed by atoms with E-state index >= 15 is 0 Å². The number of para-hydroxylation sites is 1. The van der Waals surface area contributed by atoms with Gasteiger partial charge in [0.2, 0.25) is 0 Å². The summed E-state index contributed by atoms with van der Waals surface area (Å²) in [6, 6.07) is 5.25. The van der Waals surface area contributed by atoms with Gasteiger partial charge in [0.25, 0.3) is 5.91 Å². The van der Waals surface area contributed by atoms with Crippen molar-refractivity contribution in [1.82, 2.24) is 0 Å². The second-order valence-corrected chi connectivity index (χ2v) is 4.39. The SMILES string of the molecule is CSCCCNc1cccc(C(N)=O)c1N. The highest BCUT2D eigenvalue weighted by Gasteiger charge is 2.08. The maximum absolute atomic E-state index is 11.1. The fourth-order valence-corrected chi connectivity index (χ4v) is 1.81. The van der Waals surface area contributed by atoms with Crippen LogP contribution in [0.1, 0.15) is 16.8 Å². The van der Waals surface area contributed by atoms with Crippen molar-refractivity contribution in [2.24, 2.45) is 5.73 Å². The van der Waals surface area contributed by atoms with Gasteiger partial charge in [-0.25, -0.2) is 0 Å². The summed E-state index contributed by atoms with van der Waals surface area (Å²) in [5, 5.41) is 3.20. The molecule has 0 radical (unpaired) electrons. The molecule has 16 heavy (non-hydrogen) atoms. The molecule has 1 aromatic rings. The molecular weight excluding hydrogens is 222 g/mol. The zero-order valence-electron chi connectivity index (χ0n) is 9.32. The number of thioether (sulfide) groups is 1. The zero-order valence-corrected chi connectivity index (χ0v) is 10.1. The third-order valence-corrected chi connectivity index (χ3v) is 2.91. The molecule has 88 valence electrons. The Kier molecular flexibility index (Phi) is 4.98. The predicted octanol–water partition coefficient (Wildman–Crippen LogP) is 1.53. The number of carbonyl (C=O) groups excluding carboxylic acids is 1. The summed E-state index contributed by atoms with van der Waals surface area (Å²) in [7, 11) is 0. The van der Waals surface area contributed by atoms with Crippen molar-refractivity contribution in [2.45, 2.75) is 6.42 Å². The number of nitrogens with one attached hydrogen (secondary N) is 1. The number of nitrogens with two attached hydrogens (primary N) is 2. The number of benzene rings is 1. The number of hydrogen-bond donors (Lipinski definition) is 3. The first kappa shape index (κ1) is 12.7. The molecule has 0 aromatic heterocycles. The molecule has 1 aromatic carbocycles. The summed E-state index contributed by atoms with van der Waals surface area (Å²) in [5.74, 6) is 0.604. The van der Waals surface area contributed by atoms with Gasteiger partial charge in [0.05, 0.1) is 16.9 Å². The summed E-state index contributed by atoms with van der Waals surface area (Å²) in [6.07, 6.45) is 3.13. The second-order valence-electron chi connectivity index (χ2n) is 3.40. The lowest BCUT2D eigenvalue weighted by atomic mass is 10.1. The van der Waals surface area contributed by atoms with E-state index in [-0.39, 0.29) is 0 Å². The minimum atomic E-state index is -0.495. The molecule has 0 aliphatic carbocycles. The van der Waals surface area contributed by atoms with Gasteiger partial charge in [-0.15, -0.1) is 0 Å². The number of primary amides is 1. The lowest BCUT2D eigenvalue weighted by Gasteiger charge is -2.10. The van der Waals surface area contributed by atoms with E-state index in [2.05, 4.69) is 11.6 Å². The van der Waals surface area contributed by atoms with E-state index in [0.717, 1.165) is 24.4 Å². The smallest absolute Gasteiger partial charge is 0.250 e. The van der Waals surface area contributed by atoms with Crippen molar-refractivity contribution in [1.29, 1.82) is 0 Å². The van der Waals surface area contributed by atoms with Crippen LogP contribution in [0.5, 0.6) is 0 Å². The average molecular weight is 239 g/mol. The first-order valence-corrected chi connectivity index (χ1v) is 6.47. The van der Waals surface area contributed by atoms with Crippen LogP contribution in [0.25, 0.3) is 0 Å². The molecule has 0 bridgehead atoms. The Hall–Kier alpha value is -1.36. The standard InChI is InChI=1S/C11H17N3OS/c1-16-7-3-6-14-9-5-2-4-8(10(9)12)11(13)15/h2,4-5,14H,3,6-7,12H2,1H3,(H2,13,15). The van der Waals surface area contributed by atoms with Crippen LogP contribution >= 0.6 is 11.8 Å². The fraction of sp³-hybridized carbons (Fsp3) is 0.364. The van der Waals surface area contributed by atoms with Crippen LogP contribution in [0, 0.1) is 0 Å². The highest BCUT2D eigenvalue weighted by Crippen LogP contribution is 2.22. The monoisotopic (exact) mass is 239 g/mol. The van der Waals surface area contributed by atoms with Gasteiger partial charge < -0.3 is 16.8 Å². The summed E-state index contributed by atoms with van der Waals surface area (Å²) >= 11 is 1.80. The summed E-state index contributed by atoms with van der Waals surface area (Å²) < 4.78 is 0. The lowest BCUT2D eigenvalue weighted by molar-refractivity contribution is 0.100. The van der Waals surface area contributed by atoms with Crippen molar-refractivity contribution in [3.05, 3.63) is 23.8 Å². The molecule has 0 saturated carbocycles. The van der Waals surface area contributed by atoms with Gasteiger partial charge in [0.1, 0.15) is 0 Å². The van der Waals surface area contributed by atoms with E-state index in [1.165, 1.54) is 0 Å². The molecular formula is C11H17N3OS. The van der Waals surface area contributed by atoms with Gasteiger partial charge in [0.15, 0.2) is 0 Å². The third kappa shape index (κ3) is 3.34. The number of anilines is 2. The summed E-state index contributed by atoms with van der Waals surface area (Å²) in [5.41, 5.74) is 12.6. The number of nitrogen functional groups attached to an aromatic ring is 1. The minimum Gasteiger partial charge on any atom is -0.396 e. The van der Waals surface area contributed by atoms with E-state index in [4.69, 9.17) is 11.5 Å². The molecule has 1 amide bonds. The van der Waals surface area contributed by atoms with Crippen molar-refractivity contribution in [2.75, 3.05) is 29.6 Å². The van der Waals surface area contributed by atoms with E-state index in [9.17, 15) is 4.79 Å². The van der Waals surface area contributed by atoms with Gasteiger partial charge in [0, 0.05) is 6.54 Å². The van der Waals surface area contributed by atoms with Gasteiger partial charge >= 0.3 is 0 Å². The molecule has 0 saturated heterocycles. The molecule has 0 atom stereocenters. The van der Waals surface area contributed by atoms with Crippen LogP contribution in [0.4, 0.5) is 11.4 Å². The second kappa shape index (κ2) is 6.27. The molecule has 0 aliphatic heterocycles. The molecule has 0 aliphatic rings. The maximum Gasteiger partial charge on any atom is 0.250 e. The Morgan fingerprint density at radius 1 is 1.50 bits per heavy atom. The predicted molar refractivity (Wildman–Crippen MR) is 70.9 cm³/mol. The van der Waals surface area contributed by atoms with E-state index in [1.54, 1.807) is 23.9 Å². The molecule has 0 unspecified atom stereocenters. The zero-order chi connectivity index (χ0) is 12.0. The van der Waals surface area contributed by atoms with Gasteiger partial charge in [-0.2, -0.15) is 11.8 Å². The van der Waals surface area contributed by atoms with E-state index in [1.807, 2.05) is 6.07 Å². The topological polar surface area (TPSA) is 81.1 Å². The van der Waals surface area contributed by atoms with E-state index < -0.39 is 5.91 Å². The Balaban J connectivity index is 2.66. The normalized spacial score (nSPS) is 10.1. The van der Waals surface area contributed by atoms with Crippen molar-refractivity contribution < 1.29 is 4.79 Å². The molecule has 0 fully saturated rings. The first-order chi connectivity index (χ1) is 7.66. The number of hydrogen-bond acceptors (Lipinski definition) is 4. The van der Waals surface area contributed by atoms with Gasteiger partial charge in [-0.1, -0.05) is 6.07 Å². The Morgan fingerprint density at radius 3 is 2.88 bits per heavy atom. The molecule has 4 nitrogen and oxygen atoms in total. The quantitative estimate of drug-likeness (QED) is 0.519. The Bertz CT molecular complexity index is 368. The highest BCUT2D eigenvalue weighted by atomic mass is 32.2. The fourth-order valence-electron chi connectivity index (χ4n) is 1.37. The van der Waals surface area contributed by atoms with Crippen LogP contribution < -0.4 is 16.8 Å². The van der Waals surface area contributed by atoms with Crippen molar-refractivity contribution in [3.8, 4) is 0 Å². The van der Waals surface area contributed by atoms with Crippen molar-refractivity contribution >= 4 is 29.0 Å². The first-order valence-electron chi connectivity index (χ1n) is 5.08. The van der Waals surface area contributed by atoms with Crippen LogP contribution in [-0.2, 0) is 0 Å². The van der Waals surface area contributed by atoms with Crippen LogP contribution in [0.3, 0.4) is 0 Å². The van der Waals surface area contributed by atoms with Gasteiger partial charge in [-0.3, -0.25) is 4.79 Å². The average Bonchev–Trinajstić information content (AvgIpc) is 2.26. The minimum absolute atomic E-state index is 0.370. The van der Waals surface area contributed by atoms with Crippen molar-refractivity contribution in [3.63, 3.8) is 0 Å². The largest absolute Gasteiger partial charge is 0.396 e. The van der Waals surface area contributed by atoms with Crippen LogP contribution in [-0.4, -0.2) is 24.5 Å².